The molecule has 0 unspecified atom stereocenters. The fourth-order valence-corrected chi connectivity index (χ4v) is 1.94. The van der Waals surface area contributed by atoms with E-state index in [1.807, 2.05) is 0 Å². The second-order valence-electron chi connectivity index (χ2n) is 4.27. The number of hydrogen-bond donors (Lipinski definition) is 1. The summed E-state index contributed by atoms with van der Waals surface area (Å²) in [5.74, 6) is 0.667. The summed E-state index contributed by atoms with van der Waals surface area (Å²) in [4.78, 5) is 8.94. The molecule has 0 aromatic heterocycles. The fourth-order valence-electron chi connectivity index (χ4n) is 1.94. The second-order valence-corrected chi connectivity index (χ2v) is 4.27. The van der Waals surface area contributed by atoms with Crippen molar-refractivity contribution in [3.8, 4) is 0 Å². The fraction of sp³-hybridized carbons (Fsp3) is 0.917. The van der Waals surface area contributed by atoms with Crippen molar-refractivity contribution in [1.82, 2.24) is 9.80 Å². The van der Waals surface area contributed by atoms with Crippen molar-refractivity contribution in [3.05, 3.63) is 0 Å². The number of morpholine rings is 1. The van der Waals surface area contributed by atoms with Crippen molar-refractivity contribution in [3.63, 3.8) is 0 Å². The van der Waals surface area contributed by atoms with Crippen molar-refractivity contribution in [2.45, 2.75) is 20.3 Å². The number of aliphatic imine (C=N–C) groups is 1. The Labute approximate surface area is 105 Å². The molecule has 0 aromatic carbocycles. The zero-order valence-corrected chi connectivity index (χ0v) is 11.2. The Morgan fingerprint density at radius 3 is 2.59 bits per heavy atom. The van der Waals surface area contributed by atoms with Crippen LogP contribution in [0, 0.1) is 0 Å². The van der Waals surface area contributed by atoms with Crippen LogP contribution in [0.5, 0.6) is 0 Å². The number of hydrogen-bond acceptors (Lipinski definition) is 3. The molecule has 17 heavy (non-hydrogen) atoms. The molecular weight excluding hydrogens is 216 g/mol. The van der Waals surface area contributed by atoms with Crippen LogP contribution in [0.3, 0.4) is 0 Å². The molecule has 2 N–H and O–H groups in total. The van der Waals surface area contributed by atoms with Crippen molar-refractivity contribution >= 4 is 5.96 Å². The summed E-state index contributed by atoms with van der Waals surface area (Å²) >= 11 is 0. The maximum atomic E-state index is 5.95. The van der Waals surface area contributed by atoms with Gasteiger partial charge in [0.25, 0.3) is 0 Å². The number of ether oxygens (including phenoxy) is 1. The lowest BCUT2D eigenvalue weighted by atomic mass is 10.4. The monoisotopic (exact) mass is 242 g/mol. The maximum absolute atomic E-state index is 5.95. The zero-order chi connectivity index (χ0) is 12.5. The van der Waals surface area contributed by atoms with Crippen molar-refractivity contribution in [2.24, 2.45) is 10.7 Å². The molecular formula is C12H26N4O. The van der Waals surface area contributed by atoms with E-state index in [9.17, 15) is 0 Å². The maximum Gasteiger partial charge on any atom is 0.191 e. The lowest BCUT2D eigenvalue weighted by Gasteiger charge is -2.27. The topological polar surface area (TPSA) is 54.1 Å². The van der Waals surface area contributed by atoms with Gasteiger partial charge in [0.2, 0.25) is 0 Å². The molecule has 100 valence electrons. The van der Waals surface area contributed by atoms with E-state index in [0.717, 1.165) is 52.5 Å². The van der Waals surface area contributed by atoms with Gasteiger partial charge in [0.15, 0.2) is 5.96 Å². The van der Waals surface area contributed by atoms with Gasteiger partial charge in [-0.15, -0.1) is 0 Å². The lowest BCUT2D eigenvalue weighted by molar-refractivity contribution is 0.0674. The van der Waals surface area contributed by atoms with E-state index in [-0.39, 0.29) is 0 Å². The van der Waals surface area contributed by atoms with E-state index in [1.165, 1.54) is 6.42 Å². The third kappa shape index (κ3) is 5.37. The van der Waals surface area contributed by atoms with Gasteiger partial charge in [-0.1, -0.05) is 13.8 Å². The highest BCUT2D eigenvalue weighted by Crippen LogP contribution is 1.96. The van der Waals surface area contributed by atoms with Crippen molar-refractivity contribution in [2.75, 3.05) is 52.5 Å². The molecule has 1 rings (SSSR count). The van der Waals surface area contributed by atoms with Crippen molar-refractivity contribution in [1.29, 1.82) is 0 Å². The van der Waals surface area contributed by atoms with E-state index in [2.05, 4.69) is 28.6 Å². The third-order valence-corrected chi connectivity index (χ3v) is 3.01. The molecule has 0 radical (unpaired) electrons. The summed E-state index contributed by atoms with van der Waals surface area (Å²) < 4.78 is 5.28. The van der Waals surface area contributed by atoms with Crippen LogP contribution in [0.4, 0.5) is 0 Å². The smallest absolute Gasteiger partial charge is 0.191 e. The van der Waals surface area contributed by atoms with Crippen LogP contribution in [0.25, 0.3) is 0 Å². The molecule has 1 fully saturated rings. The highest BCUT2D eigenvalue weighted by Gasteiger charge is 2.11. The van der Waals surface area contributed by atoms with E-state index in [4.69, 9.17) is 10.5 Å². The van der Waals surface area contributed by atoms with Gasteiger partial charge in [0, 0.05) is 19.6 Å². The van der Waals surface area contributed by atoms with E-state index in [0.29, 0.717) is 5.96 Å². The Bertz CT molecular complexity index is 227. The molecule has 0 bridgehead atoms. The van der Waals surface area contributed by atoms with Crippen LogP contribution < -0.4 is 5.73 Å². The standard InChI is InChI=1S/C12H26N4O/c1-3-6-15(4-2)7-5-14-12(13)16-8-10-17-11-9-16/h3-11H2,1-2H3,(H2,13,14). The predicted octanol–water partition coefficient (Wildman–Crippen LogP) is 0.365. The molecule has 1 aliphatic heterocycles. The Kier molecular flexibility index (Phi) is 6.96. The molecule has 0 atom stereocenters. The van der Waals surface area contributed by atoms with Crippen LogP contribution >= 0.6 is 0 Å². The number of likely N-dealkylation sites (N-methyl/N-ethyl adjacent to an activating group) is 1. The van der Waals surface area contributed by atoms with Crippen LogP contribution in [-0.4, -0.2) is 68.2 Å². The predicted molar refractivity (Wildman–Crippen MR) is 71.3 cm³/mol. The first-order chi connectivity index (χ1) is 8.27. The lowest BCUT2D eigenvalue weighted by Crippen LogP contribution is -2.45. The van der Waals surface area contributed by atoms with Gasteiger partial charge in [0.1, 0.15) is 0 Å². The first-order valence-corrected chi connectivity index (χ1v) is 6.62. The molecule has 1 saturated heterocycles. The molecule has 1 heterocycles. The quantitative estimate of drug-likeness (QED) is 0.540. The average molecular weight is 242 g/mol. The third-order valence-electron chi connectivity index (χ3n) is 3.01. The highest BCUT2D eigenvalue weighted by molar-refractivity contribution is 5.78. The minimum absolute atomic E-state index is 0.667. The van der Waals surface area contributed by atoms with Gasteiger partial charge in [-0.2, -0.15) is 0 Å². The van der Waals surface area contributed by atoms with E-state index < -0.39 is 0 Å². The van der Waals surface area contributed by atoms with Crippen molar-refractivity contribution < 1.29 is 4.74 Å². The Balaban J connectivity index is 2.26. The Morgan fingerprint density at radius 2 is 2.00 bits per heavy atom. The summed E-state index contributed by atoms with van der Waals surface area (Å²) in [6, 6.07) is 0. The first-order valence-electron chi connectivity index (χ1n) is 6.62. The van der Waals surface area contributed by atoms with Gasteiger partial charge in [0.05, 0.1) is 19.8 Å². The van der Waals surface area contributed by atoms with Crippen LogP contribution in [0.1, 0.15) is 20.3 Å². The summed E-state index contributed by atoms with van der Waals surface area (Å²) in [5.41, 5.74) is 5.95. The molecule has 0 spiro atoms. The van der Waals surface area contributed by atoms with Crippen LogP contribution in [0.2, 0.25) is 0 Å². The first kappa shape index (κ1) is 14.3. The molecule has 5 heteroatoms. The van der Waals surface area contributed by atoms with Gasteiger partial charge in [-0.05, 0) is 19.5 Å². The molecule has 5 nitrogen and oxygen atoms in total. The molecule has 0 aliphatic carbocycles. The Hall–Kier alpha value is -0.810. The Morgan fingerprint density at radius 1 is 1.29 bits per heavy atom. The number of rotatable bonds is 6. The molecule has 0 saturated carbocycles. The number of guanidine groups is 1. The largest absolute Gasteiger partial charge is 0.378 e. The number of nitrogens with zero attached hydrogens (tertiary/aromatic N) is 3. The normalized spacial score (nSPS) is 17.8. The summed E-state index contributed by atoms with van der Waals surface area (Å²) in [7, 11) is 0. The van der Waals surface area contributed by atoms with E-state index in [1.54, 1.807) is 0 Å². The SMILES string of the molecule is CCCN(CC)CCN=C(N)N1CCOCC1. The van der Waals surface area contributed by atoms with E-state index >= 15 is 0 Å². The minimum atomic E-state index is 0.667. The molecule has 1 aliphatic rings. The van der Waals surface area contributed by atoms with Crippen LogP contribution in [0.15, 0.2) is 4.99 Å². The zero-order valence-electron chi connectivity index (χ0n) is 11.2. The van der Waals surface area contributed by atoms with Gasteiger partial charge < -0.3 is 20.3 Å². The highest BCUT2D eigenvalue weighted by atomic mass is 16.5. The summed E-state index contributed by atoms with van der Waals surface area (Å²) in [6.45, 7) is 11.6. The van der Waals surface area contributed by atoms with Gasteiger partial charge in [-0.3, -0.25) is 4.99 Å². The minimum Gasteiger partial charge on any atom is -0.378 e. The molecule has 0 aromatic rings. The van der Waals surface area contributed by atoms with Crippen LogP contribution in [-0.2, 0) is 4.74 Å². The van der Waals surface area contributed by atoms with Gasteiger partial charge in [-0.25, -0.2) is 0 Å². The number of nitrogens with two attached hydrogens (primary N) is 1. The summed E-state index contributed by atoms with van der Waals surface area (Å²) in [6.07, 6.45) is 1.19. The molecule has 0 amide bonds. The summed E-state index contributed by atoms with van der Waals surface area (Å²) in [5, 5.41) is 0. The second kappa shape index (κ2) is 8.31. The van der Waals surface area contributed by atoms with Gasteiger partial charge >= 0.3 is 0 Å². The average Bonchev–Trinajstić information content (AvgIpc) is 2.38.